The zero-order chi connectivity index (χ0) is 14.7. The third-order valence-corrected chi connectivity index (χ3v) is 4.12. The fourth-order valence-corrected chi connectivity index (χ4v) is 2.81. The molecule has 1 aliphatic heterocycles. The van der Waals surface area contributed by atoms with Crippen molar-refractivity contribution in [3.63, 3.8) is 0 Å². The van der Waals surface area contributed by atoms with Crippen molar-refractivity contribution in [3.8, 4) is 5.75 Å². The minimum atomic E-state index is 0.00469. The van der Waals surface area contributed by atoms with Gasteiger partial charge in [-0.2, -0.15) is 0 Å². The van der Waals surface area contributed by atoms with Crippen LogP contribution in [0.3, 0.4) is 0 Å². The maximum atomic E-state index is 12.4. The van der Waals surface area contributed by atoms with Crippen LogP contribution in [0.2, 0.25) is 0 Å². The van der Waals surface area contributed by atoms with Crippen LogP contribution in [0.1, 0.15) is 12.0 Å². The molecule has 0 saturated carbocycles. The van der Waals surface area contributed by atoms with Gasteiger partial charge in [0.2, 0.25) is 0 Å². The SMILES string of the molecule is O=C(COc1ccc(Br)cc1)N1CCCc2ccccc21. The van der Waals surface area contributed by atoms with Gasteiger partial charge in [-0.3, -0.25) is 4.79 Å². The van der Waals surface area contributed by atoms with Gasteiger partial charge in [0.15, 0.2) is 6.61 Å². The van der Waals surface area contributed by atoms with Gasteiger partial charge in [-0.15, -0.1) is 0 Å². The van der Waals surface area contributed by atoms with E-state index in [9.17, 15) is 4.79 Å². The zero-order valence-electron chi connectivity index (χ0n) is 11.6. The Morgan fingerprint density at radius 3 is 2.71 bits per heavy atom. The van der Waals surface area contributed by atoms with Crippen LogP contribution in [-0.4, -0.2) is 19.1 Å². The molecule has 2 aromatic rings. The summed E-state index contributed by atoms with van der Waals surface area (Å²) in [5.74, 6) is 0.710. The first-order chi connectivity index (χ1) is 10.2. The lowest BCUT2D eigenvalue weighted by Gasteiger charge is -2.29. The molecule has 21 heavy (non-hydrogen) atoms. The number of aryl methyl sites for hydroxylation is 1. The van der Waals surface area contributed by atoms with E-state index in [1.807, 2.05) is 47.4 Å². The van der Waals surface area contributed by atoms with Gasteiger partial charge in [0.1, 0.15) is 5.75 Å². The summed E-state index contributed by atoms with van der Waals surface area (Å²) in [6.07, 6.45) is 2.04. The lowest BCUT2D eigenvalue weighted by atomic mass is 10.0. The summed E-state index contributed by atoms with van der Waals surface area (Å²) < 4.78 is 6.57. The number of anilines is 1. The van der Waals surface area contributed by atoms with Crippen LogP contribution >= 0.6 is 15.9 Å². The summed E-state index contributed by atoms with van der Waals surface area (Å²) in [7, 11) is 0. The molecule has 0 aromatic heterocycles. The van der Waals surface area contributed by atoms with E-state index in [0.717, 1.165) is 29.5 Å². The van der Waals surface area contributed by atoms with E-state index >= 15 is 0 Å². The molecule has 0 unspecified atom stereocenters. The van der Waals surface area contributed by atoms with Gasteiger partial charge < -0.3 is 9.64 Å². The van der Waals surface area contributed by atoms with Crippen molar-refractivity contribution < 1.29 is 9.53 Å². The van der Waals surface area contributed by atoms with E-state index in [1.54, 1.807) is 0 Å². The number of para-hydroxylation sites is 1. The van der Waals surface area contributed by atoms with Crippen molar-refractivity contribution >= 4 is 27.5 Å². The summed E-state index contributed by atoms with van der Waals surface area (Å²) in [5.41, 5.74) is 2.26. The van der Waals surface area contributed by atoms with Gasteiger partial charge in [-0.05, 0) is 48.7 Å². The summed E-state index contributed by atoms with van der Waals surface area (Å²) in [5, 5.41) is 0. The molecule has 0 fully saturated rings. The summed E-state index contributed by atoms with van der Waals surface area (Å²) in [6.45, 7) is 0.829. The topological polar surface area (TPSA) is 29.5 Å². The van der Waals surface area contributed by atoms with Gasteiger partial charge in [0.25, 0.3) is 5.91 Å². The van der Waals surface area contributed by atoms with Crippen molar-refractivity contribution in [2.75, 3.05) is 18.1 Å². The molecule has 3 rings (SSSR count). The number of halogens is 1. The van der Waals surface area contributed by atoms with Crippen molar-refractivity contribution in [1.82, 2.24) is 0 Å². The second-order valence-electron chi connectivity index (χ2n) is 5.02. The number of fused-ring (bicyclic) bond motifs is 1. The first-order valence-corrected chi connectivity index (χ1v) is 7.80. The zero-order valence-corrected chi connectivity index (χ0v) is 13.2. The fraction of sp³-hybridized carbons (Fsp3) is 0.235. The number of ether oxygens (including phenoxy) is 1. The van der Waals surface area contributed by atoms with Gasteiger partial charge >= 0.3 is 0 Å². The second kappa shape index (κ2) is 6.31. The maximum Gasteiger partial charge on any atom is 0.264 e. The van der Waals surface area contributed by atoms with E-state index in [1.165, 1.54) is 5.56 Å². The van der Waals surface area contributed by atoms with Crippen LogP contribution in [0, 0.1) is 0 Å². The minimum absolute atomic E-state index is 0.00469. The van der Waals surface area contributed by atoms with Crippen LogP contribution in [-0.2, 0) is 11.2 Å². The number of rotatable bonds is 3. The largest absolute Gasteiger partial charge is 0.484 e. The molecule has 1 heterocycles. The third-order valence-electron chi connectivity index (χ3n) is 3.59. The Kier molecular flexibility index (Phi) is 4.25. The van der Waals surface area contributed by atoms with Crippen molar-refractivity contribution in [1.29, 1.82) is 0 Å². The predicted molar refractivity (Wildman–Crippen MR) is 86.8 cm³/mol. The molecule has 108 valence electrons. The number of amides is 1. The first kappa shape index (κ1) is 14.1. The monoisotopic (exact) mass is 345 g/mol. The minimum Gasteiger partial charge on any atom is -0.484 e. The number of nitrogens with zero attached hydrogens (tertiary/aromatic N) is 1. The predicted octanol–water partition coefficient (Wildman–Crippen LogP) is 3.81. The van der Waals surface area contributed by atoms with Gasteiger partial charge in [-0.1, -0.05) is 34.1 Å². The van der Waals surface area contributed by atoms with Crippen LogP contribution in [0.25, 0.3) is 0 Å². The number of benzene rings is 2. The highest BCUT2D eigenvalue weighted by Crippen LogP contribution is 2.26. The standard InChI is InChI=1S/C17H16BrNO2/c18-14-7-9-15(10-8-14)21-12-17(20)19-11-3-5-13-4-1-2-6-16(13)19/h1-2,4,6-10H,3,5,11-12H2. The maximum absolute atomic E-state index is 12.4. The second-order valence-corrected chi connectivity index (χ2v) is 5.94. The number of carbonyl (C=O) groups excluding carboxylic acids is 1. The molecule has 0 aliphatic carbocycles. The fourth-order valence-electron chi connectivity index (χ4n) is 2.55. The van der Waals surface area contributed by atoms with E-state index in [2.05, 4.69) is 22.0 Å². The van der Waals surface area contributed by atoms with Crippen LogP contribution in [0.15, 0.2) is 53.0 Å². The molecule has 2 aromatic carbocycles. The highest BCUT2D eigenvalue weighted by atomic mass is 79.9. The van der Waals surface area contributed by atoms with Crippen molar-refractivity contribution in [2.24, 2.45) is 0 Å². The molecule has 1 aliphatic rings. The Morgan fingerprint density at radius 1 is 1.14 bits per heavy atom. The normalized spacial score (nSPS) is 13.7. The molecule has 0 spiro atoms. The Bertz CT molecular complexity index is 639. The Morgan fingerprint density at radius 2 is 1.90 bits per heavy atom. The first-order valence-electron chi connectivity index (χ1n) is 7.01. The summed E-state index contributed by atoms with van der Waals surface area (Å²) in [4.78, 5) is 14.2. The summed E-state index contributed by atoms with van der Waals surface area (Å²) >= 11 is 3.38. The molecular weight excluding hydrogens is 330 g/mol. The molecule has 0 atom stereocenters. The quantitative estimate of drug-likeness (QED) is 0.846. The van der Waals surface area contributed by atoms with Crippen LogP contribution in [0.5, 0.6) is 5.75 Å². The Hall–Kier alpha value is -1.81. The molecule has 0 saturated heterocycles. The number of carbonyl (C=O) groups is 1. The van der Waals surface area contributed by atoms with E-state index in [0.29, 0.717) is 5.75 Å². The third kappa shape index (κ3) is 3.27. The molecule has 1 amide bonds. The van der Waals surface area contributed by atoms with E-state index in [-0.39, 0.29) is 12.5 Å². The average molecular weight is 346 g/mol. The lowest BCUT2D eigenvalue weighted by Crippen LogP contribution is -2.38. The molecule has 0 radical (unpaired) electrons. The van der Waals surface area contributed by atoms with Crippen LogP contribution < -0.4 is 9.64 Å². The Labute approximate surface area is 132 Å². The smallest absolute Gasteiger partial charge is 0.264 e. The van der Waals surface area contributed by atoms with Gasteiger partial charge in [0.05, 0.1) is 0 Å². The molecule has 0 N–H and O–H groups in total. The van der Waals surface area contributed by atoms with Gasteiger partial charge in [0, 0.05) is 16.7 Å². The van der Waals surface area contributed by atoms with Crippen molar-refractivity contribution in [3.05, 3.63) is 58.6 Å². The number of hydrogen-bond donors (Lipinski definition) is 0. The lowest BCUT2D eigenvalue weighted by molar-refractivity contribution is -0.120. The summed E-state index contributed by atoms with van der Waals surface area (Å²) in [6, 6.07) is 15.6. The average Bonchev–Trinajstić information content (AvgIpc) is 2.53. The van der Waals surface area contributed by atoms with Gasteiger partial charge in [-0.25, -0.2) is 0 Å². The highest BCUT2D eigenvalue weighted by molar-refractivity contribution is 9.10. The van der Waals surface area contributed by atoms with Crippen molar-refractivity contribution in [2.45, 2.75) is 12.8 Å². The molecule has 3 nitrogen and oxygen atoms in total. The van der Waals surface area contributed by atoms with Crippen LogP contribution in [0.4, 0.5) is 5.69 Å². The highest BCUT2D eigenvalue weighted by Gasteiger charge is 2.22. The Balaban J connectivity index is 1.68. The van der Waals surface area contributed by atoms with E-state index < -0.39 is 0 Å². The number of hydrogen-bond acceptors (Lipinski definition) is 2. The molecule has 0 bridgehead atoms. The molecule has 4 heteroatoms. The van der Waals surface area contributed by atoms with E-state index in [4.69, 9.17) is 4.74 Å². The molecular formula is C17H16BrNO2.